The van der Waals surface area contributed by atoms with Crippen molar-refractivity contribution in [1.82, 2.24) is 4.90 Å². The van der Waals surface area contributed by atoms with Crippen molar-refractivity contribution in [2.24, 2.45) is 5.92 Å². The van der Waals surface area contributed by atoms with Gasteiger partial charge in [-0.05, 0) is 49.2 Å². The van der Waals surface area contributed by atoms with Gasteiger partial charge in [-0.15, -0.1) is 0 Å². The Kier molecular flexibility index (Phi) is 6.12. The molecule has 1 N–H and O–H groups in total. The predicted molar refractivity (Wildman–Crippen MR) is 116 cm³/mol. The lowest BCUT2D eigenvalue weighted by Crippen LogP contribution is -2.31. The first-order valence-electron chi connectivity index (χ1n) is 10.7. The topological polar surface area (TPSA) is 69.7 Å². The molecule has 4 rings (SSSR count). The summed E-state index contributed by atoms with van der Waals surface area (Å²) in [5, 5.41) is 2.89. The zero-order chi connectivity index (χ0) is 20.9. The lowest BCUT2D eigenvalue weighted by Gasteiger charge is -2.20. The average molecular weight is 405 g/mol. The molecular formula is C24H27N3O3. The smallest absolute Gasteiger partial charge is 0.253 e. The summed E-state index contributed by atoms with van der Waals surface area (Å²) in [6.07, 6.45) is 4.67. The molecule has 0 radical (unpaired) electrons. The van der Waals surface area contributed by atoms with Crippen LogP contribution < -0.4 is 10.2 Å². The summed E-state index contributed by atoms with van der Waals surface area (Å²) >= 11 is 0. The van der Waals surface area contributed by atoms with E-state index in [2.05, 4.69) is 5.32 Å². The third-order valence-corrected chi connectivity index (χ3v) is 5.86. The van der Waals surface area contributed by atoms with E-state index in [1.54, 1.807) is 29.2 Å². The molecule has 2 aromatic carbocycles. The summed E-state index contributed by atoms with van der Waals surface area (Å²) < 4.78 is 0. The SMILES string of the molecule is O=C(Nc1ccc(C(=O)N2CCCCCC2)cc1)C1CC(=O)N(c2ccccc2)C1. The molecule has 1 atom stereocenters. The van der Waals surface area contributed by atoms with E-state index in [0.29, 0.717) is 17.8 Å². The molecule has 0 spiro atoms. The number of likely N-dealkylation sites (tertiary alicyclic amines) is 1. The fourth-order valence-corrected chi connectivity index (χ4v) is 4.14. The van der Waals surface area contributed by atoms with Gasteiger partial charge in [0.15, 0.2) is 0 Å². The molecule has 2 saturated heterocycles. The van der Waals surface area contributed by atoms with Crippen LogP contribution in [0.1, 0.15) is 42.5 Å². The van der Waals surface area contributed by atoms with Gasteiger partial charge in [0.25, 0.3) is 5.91 Å². The molecule has 0 saturated carbocycles. The van der Waals surface area contributed by atoms with E-state index >= 15 is 0 Å². The second kappa shape index (κ2) is 9.11. The van der Waals surface area contributed by atoms with E-state index in [1.165, 1.54) is 12.8 Å². The van der Waals surface area contributed by atoms with Crippen LogP contribution in [-0.2, 0) is 9.59 Å². The first kappa shape index (κ1) is 20.1. The highest BCUT2D eigenvalue weighted by Gasteiger charge is 2.35. The van der Waals surface area contributed by atoms with Crippen LogP contribution in [0.25, 0.3) is 0 Å². The van der Waals surface area contributed by atoms with Gasteiger partial charge in [0.1, 0.15) is 0 Å². The van der Waals surface area contributed by atoms with Gasteiger partial charge in [-0.3, -0.25) is 14.4 Å². The normalized spacial score (nSPS) is 19.5. The van der Waals surface area contributed by atoms with E-state index in [0.717, 1.165) is 31.6 Å². The number of hydrogen-bond donors (Lipinski definition) is 1. The summed E-state index contributed by atoms with van der Waals surface area (Å²) in [6.45, 7) is 2.00. The molecule has 2 aromatic rings. The Balaban J connectivity index is 1.36. The average Bonchev–Trinajstić information content (AvgIpc) is 2.98. The van der Waals surface area contributed by atoms with Gasteiger partial charge in [-0.25, -0.2) is 0 Å². The fourth-order valence-electron chi connectivity index (χ4n) is 4.14. The third-order valence-electron chi connectivity index (χ3n) is 5.86. The lowest BCUT2D eigenvalue weighted by molar-refractivity contribution is -0.122. The standard InChI is InChI=1S/C24H27N3O3/c28-22-16-19(17-27(22)21-8-4-3-5-9-21)23(29)25-20-12-10-18(11-13-20)24(30)26-14-6-1-2-7-15-26/h3-5,8-13,19H,1-2,6-7,14-17H2,(H,25,29). The number of carbonyl (C=O) groups excluding carboxylic acids is 3. The van der Waals surface area contributed by atoms with E-state index in [9.17, 15) is 14.4 Å². The van der Waals surface area contributed by atoms with Crippen LogP contribution in [0.2, 0.25) is 0 Å². The van der Waals surface area contributed by atoms with Gasteiger partial charge in [0.2, 0.25) is 11.8 Å². The number of carbonyl (C=O) groups is 3. The van der Waals surface area contributed by atoms with Crippen molar-refractivity contribution in [1.29, 1.82) is 0 Å². The minimum Gasteiger partial charge on any atom is -0.339 e. The largest absolute Gasteiger partial charge is 0.339 e. The second-order valence-electron chi connectivity index (χ2n) is 8.01. The molecule has 2 fully saturated rings. The molecular weight excluding hydrogens is 378 g/mol. The Hall–Kier alpha value is -3.15. The van der Waals surface area contributed by atoms with Crippen molar-refractivity contribution in [2.75, 3.05) is 29.9 Å². The Morgan fingerprint density at radius 1 is 0.867 bits per heavy atom. The van der Waals surface area contributed by atoms with Crippen LogP contribution in [0.4, 0.5) is 11.4 Å². The van der Waals surface area contributed by atoms with Crippen LogP contribution in [-0.4, -0.2) is 42.3 Å². The summed E-state index contributed by atoms with van der Waals surface area (Å²) in [6, 6.07) is 16.4. The Morgan fingerprint density at radius 2 is 1.53 bits per heavy atom. The number of rotatable bonds is 4. The third kappa shape index (κ3) is 4.53. The van der Waals surface area contributed by atoms with Gasteiger partial charge in [0.05, 0.1) is 5.92 Å². The van der Waals surface area contributed by atoms with Crippen LogP contribution in [0.5, 0.6) is 0 Å². The maximum absolute atomic E-state index is 12.7. The summed E-state index contributed by atoms with van der Waals surface area (Å²) in [5.74, 6) is -0.557. The van der Waals surface area contributed by atoms with Crippen LogP contribution in [0.3, 0.4) is 0 Å². The Morgan fingerprint density at radius 3 is 2.20 bits per heavy atom. The Bertz CT molecular complexity index is 903. The molecule has 3 amide bonds. The highest BCUT2D eigenvalue weighted by Crippen LogP contribution is 2.26. The van der Waals surface area contributed by atoms with Crippen molar-refractivity contribution in [3.8, 4) is 0 Å². The number of anilines is 2. The molecule has 2 heterocycles. The quantitative estimate of drug-likeness (QED) is 0.843. The van der Waals surface area contributed by atoms with Crippen molar-refractivity contribution in [2.45, 2.75) is 32.1 Å². The highest BCUT2D eigenvalue weighted by molar-refractivity contribution is 6.03. The van der Waals surface area contributed by atoms with Gasteiger partial charge < -0.3 is 15.1 Å². The summed E-state index contributed by atoms with van der Waals surface area (Å²) in [5.41, 5.74) is 2.09. The molecule has 6 nitrogen and oxygen atoms in total. The number of nitrogens with one attached hydrogen (secondary N) is 1. The van der Waals surface area contributed by atoms with Gasteiger partial charge in [0, 0.05) is 43.0 Å². The zero-order valence-corrected chi connectivity index (χ0v) is 17.0. The fraction of sp³-hybridized carbons (Fsp3) is 0.375. The van der Waals surface area contributed by atoms with E-state index < -0.39 is 5.92 Å². The second-order valence-corrected chi connectivity index (χ2v) is 8.01. The van der Waals surface area contributed by atoms with E-state index in [-0.39, 0.29) is 24.1 Å². The maximum Gasteiger partial charge on any atom is 0.253 e. The van der Waals surface area contributed by atoms with E-state index in [1.807, 2.05) is 35.2 Å². The highest BCUT2D eigenvalue weighted by atomic mass is 16.2. The number of para-hydroxylation sites is 1. The minimum atomic E-state index is -0.392. The number of amides is 3. The zero-order valence-electron chi connectivity index (χ0n) is 17.0. The number of nitrogens with zero attached hydrogens (tertiary/aromatic N) is 2. The molecule has 30 heavy (non-hydrogen) atoms. The number of benzene rings is 2. The molecule has 0 aliphatic carbocycles. The van der Waals surface area contributed by atoms with Gasteiger partial charge in [-0.2, -0.15) is 0 Å². The molecule has 1 unspecified atom stereocenters. The molecule has 0 aromatic heterocycles. The maximum atomic E-state index is 12.7. The summed E-state index contributed by atoms with van der Waals surface area (Å²) in [4.78, 5) is 41.3. The van der Waals surface area contributed by atoms with Crippen molar-refractivity contribution >= 4 is 29.1 Å². The first-order valence-corrected chi connectivity index (χ1v) is 10.7. The lowest BCUT2D eigenvalue weighted by atomic mass is 10.1. The monoisotopic (exact) mass is 405 g/mol. The molecule has 2 aliphatic heterocycles. The van der Waals surface area contributed by atoms with Crippen molar-refractivity contribution < 1.29 is 14.4 Å². The molecule has 6 heteroatoms. The van der Waals surface area contributed by atoms with Crippen LogP contribution in [0, 0.1) is 5.92 Å². The molecule has 156 valence electrons. The number of hydrogen-bond acceptors (Lipinski definition) is 3. The van der Waals surface area contributed by atoms with Crippen LogP contribution in [0.15, 0.2) is 54.6 Å². The minimum absolute atomic E-state index is 0.0419. The predicted octanol–water partition coefficient (Wildman–Crippen LogP) is 3.69. The van der Waals surface area contributed by atoms with Crippen molar-refractivity contribution in [3.05, 3.63) is 60.2 Å². The van der Waals surface area contributed by atoms with Crippen LogP contribution >= 0.6 is 0 Å². The molecule has 2 aliphatic rings. The summed E-state index contributed by atoms with van der Waals surface area (Å²) in [7, 11) is 0. The van der Waals surface area contributed by atoms with Gasteiger partial charge in [-0.1, -0.05) is 31.0 Å². The van der Waals surface area contributed by atoms with Crippen molar-refractivity contribution in [3.63, 3.8) is 0 Å². The van der Waals surface area contributed by atoms with Gasteiger partial charge >= 0.3 is 0 Å². The Labute approximate surface area is 176 Å². The van der Waals surface area contributed by atoms with E-state index in [4.69, 9.17) is 0 Å². The molecule has 0 bridgehead atoms. The first-order chi connectivity index (χ1) is 14.6.